The van der Waals surface area contributed by atoms with Crippen molar-refractivity contribution in [3.8, 4) is 11.5 Å². The fourth-order valence-electron chi connectivity index (χ4n) is 1.61. The average molecular weight is 361 g/mol. The number of nitrogens with zero attached hydrogens (tertiary/aromatic N) is 2. The Balaban J connectivity index is 2.18. The molecule has 116 valence electrons. The Kier molecular flexibility index (Phi) is 5.71. The van der Waals surface area contributed by atoms with Gasteiger partial charge in [-0.2, -0.15) is 5.10 Å². The number of halogens is 3. The van der Waals surface area contributed by atoms with Crippen molar-refractivity contribution in [2.45, 2.75) is 0 Å². The first-order chi connectivity index (χ1) is 10.5. The van der Waals surface area contributed by atoms with E-state index in [1.165, 1.54) is 6.07 Å². The Morgan fingerprint density at radius 3 is 2.55 bits per heavy atom. The Labute approximate surface area is 142 Å². The van der Waals surface area contributed by atoms with Gasteiger partial charge in [0, 0.05) is 11.6 Å². The van der Waals surface area contributed by atoms with Crippen molar-refractivity contribution >= 4 is 46.8 Å². The quantitative estimate of drug-likeness (QED) is 0.484. The van der Waals surface area contributed by atoms with Crippen molar-refractivity contribution in [2.75, 3.05) is 19.6 Å². The third kappa shape index (κ3) is 3.94. The van der Waals surface area contributed by atoms with E-state index in [1.54, 1.807) is 32.6 Å². The second-order valence-corrected chi connectivity index (χ2v) is 5.24. The van der Waals surface area contributed by atoms with Crippen LogP contribution in [0, 0.1) is 0 Å². The second-order valence-electron chi connectivity index (χ2n) is 4.07. The molecule has 0 amide bonds. The first-order valence-electron chi connectivity index (χ1n) is 6.07. The molecule has 0 bridgehead atoms. The summed E-state index contributed by atoms with van der Waals surface area (Å²) in [4.78, 5) is 4.00. The van der Waals surface area contributed by atoms with Crippen molar-refractivity contribution in [1.82, 2.24) is 4.98 Å². The number of nitrogens with one attached hydrogen (secondary N) is 1. The third-order valence-corrected chi connectivity index (χ3v) is 3.66. The van der Waals surface area contributed by atoms with Gasteiger partial charge in [0.15, 0.2) is 5.82 Å². The van der Waals surface area contributed by atoms with E-state index < -0.39 is 0 Å². The molecular weight excluding hydrogens is 349 g/mol. The van der Waals surface area contributed by atoms with E-state index in [-0.39, 0.29) is 10.2 Å². The summed E-state index contributed by atoms with van der Waals surface area (Å²) in [5.41, 5.74) is 3.46. The summed E-state index contributed by atoms with van der Waals surface area (Å²) in [5, 5.41) is 4.80. The molecule has 8 heteroatoms. The Morgan fingerprint density at radius 1 is 1.09 bits per heavy atom. The topological polar surface area (TPSA) is 55.7 Å². The van der Waals surface area contributed by atoms with Crippen molar-refractivity contribution in [3.63, 3.8) is 0 Å². The smallest absolute Gasteiger partial charge is 0.166 e. The lowest BCUT2D eigenvalue weighted by atomic mass is 10.2. The lowest BCUT2D eigenvalue weighted by Crippen LogP contribution is -1.97. The summed E-state index contributed by atoms with van der Waals surface area (Å²) < 4.78 is 10.4. The largest absolute Gasteiger partial charge is 0.497 e. The summed E-state index contributed by atoms with van der Waals surface area (Å²) in [6.07, 6.45) is 1.57. The third-order valence-electron chi connectivity index (χ3n) is 2.70. The zero-order chi connectivity index (χ0) is 16.1. The Bertz CT molecular complexity index is 708. The molecule has 22 heavy (non-hydrogen) atoms. The molecule has 0 aliphatic rings. The number of hydrazone groups is 1. The lowest BCUT2D eigenvalue weighted by Gasteiger charge is -2.07. The van der Waals surface area contributed by atoms with E-state index in [2.05, 4.69) is 15.5 Å². The van der Waals surface area contributed by atoms with E-state index >= 15 is 0 Å². The minimum Gasteiger partial charge on any atom is -0.497 e. The molecule has 0 saturated heterocycles. The number of benzene rings is 1. The van der Waals surface area contributed by atoms with E-state index in [9.17, 15) is 0 Å². The van der Waals surface area contributed by atoms with E-state index in [0.29, 0.717) is 22.3 Å². The van der Waals surface area contributed by atoms with Gasteiger partial charge in [-0.25, -0.2) is 4.98 Å². The molecule has 2 aromatic rings. The minimum atomic E-state index is 0.144. The summed E-state index contributed by atoms with van der Waals surface area (Å²) >= 11 is 17.6. The normalized spacial score (nSPS) is 10.8. The van der Waals surface area contributed by atoms with Gasteiger partial charge in [-0.05, 0) is 18.2 Å². The number of pyridine rings is 1. The zero-order valence-electron chi connectivity index (χ0n) is 11.7. The van der Waals surface area contributed by atoms with Crippen LogP contribution in [0.5, 0.6) is 11.5 Å². The van der Waals surface area contributed by atoms with Crippen LogP contribution < -0.4 is 14.9 Å². The number of methoxy groups -OCH3 is 2. The maximum absolute atomic E-state index is 6.00. The summed E-state index contributed by atoms with van der Waals surface area (Å²) in [6.45, 7) is 0. The van der Waals surface area contributed by atoms with E-state index in [0.717, 1.165) is 5.56 Å². The van der Waals surface area contributed by atoms with Crippen LogP contribution in [0.1, 0.15) is 5.56 Å². The van der Waals surface area contributed by atoms with Crippen LogP contribution in [-0.4, -0.2) is 25.4 Å². The van der Waals surface area contributed by atoms with Gasteiger partial charge in [0.05, 0.1) is 30.5 Å². The van der Waals surface area contributed by atoms with Crippen molar-refractivity contribution < 1.29 is 9.47 Å². The fourth-order valence-corrected chi connectivity index (χ4v) is 2.15. The van der Waals surface area contributed by atoms with Crippen LogP contribution in [0.4, 0.5) is 5.82 Å². The summed E-state index contributed by atoms with van der Waals surface area (Å²) in [7, 11) is 3.15. The van der Waals surface area contributed by atoms with E-state index in [1.807, 2.05) is 6.07 Å². The van der Waals surface area contributed by atoms with Gasteiger partial charge in [0.1, 0.15) is 16.7 Å². The predicted octanol–water partition coefficient (Wildman–Crippen LogP) is 4.51. The highest BCUT2D eigenvalue weighted by molar-refractivity contribution is 6.42. The molecule has 0 unspecified atom stereocenters. The molecule has 0 aliphatic heterocycles. The molecule has 5 nitrogen and oxygen atoms in total. The highest BCUT2D eigenvalue weighted by Gasteiger charge is 2.07. The van der Waals surface area contributed by atoms with Crippen molar-refractivity contribution in [2.24, 2.45) is 5.10 Å². The molecule has 0 spiro atoms. The molecule has 0 radical (unpaired) electrons. The zero-order valence-corrected chi connectivity index (χ0v) is 14.0. The van der Waals surface area contributed by atoms with Crippen LogP contribution in [0.25, 0.3) is 0 Å². The molecule has 1 aromatic heterocycles. The van der Waals surface area contributed by atoms with Crippen LogP contribution in [0.3, 0.4) is 0 Å². The van der Waals surface area contributed by atoms with E-state index in [4.69, 9.17) is 44.3 Å². The van der Waals surface area contributed by atoms with Gasteiger partial charge in [-0.3, -0.25) is 5.43 Å². The lowest BCUT2D eigenvalue weighted by molar-refractivity contribution is 0.394. The van der Waals surface area contributed by atoms with Crippen molar-refractivity contribution in [3.05, 3.63) is 45.0 Å². The minimum absolute atomic E-state index is 0.144. The Hall–Kier alpha value is -1.69. The van der Waals surface area contributed by atoms with Crippen LogP contribution in [0.2, 0.25) is 15.2 Å². The maximum Gasteiger partial charge on any atom is 0.166 e. The number of aromatic nitrogens is 1. The van der Waals surface area contributed by atoms with Gasteiger partial charge in [-0.1, -0.05) is 34.8 Å². The molecule has 1 aromatic carbocycles. The SMILES string of the molecule is COc1ccc(C=NNc2nc(Cl)c(Cl)cc2Cl)c(OC)c1. The molecule has 0 atom stereocenters. The number of hydrogen-bond acceptors (Lipinski definition) is 5. The molecule has 0 aliphatic carbocycles. The first-order valence-corrected chi connectivity index (χ1v) is 7.21. The maximum atomic E-state index is 6.00. The predicted molar refractivity (Wildman–Crippen MR) is 90.0 cm³/mol. The molecule has 0 fully saturated rings. The molecule has 2 rings (SSSR count). The molecule has 1 heterocycles. The number of hydrogen-bond donors (Lipinski definition) is 1. The van der Waals surface area contributed by atoms with Crippen LogP contribution >= 0.6 is 34.8 Å². The van der Waals surface area contributed by atoms with Gasteiger partial charge >= 0.3 is 0 Å². The Morgan fingerprint density at radius 2 is 1.86 bits per heavy atom. The second kappa shape index (κ2) is 7.54. The summed E-state index contributed by atoms with van der Waals surface area (Å²) in [5.74, 6) is 1.62. The van der Waals surface area contributed by atoms with Gasteiger partial charge in [-0.15, -0.1) is 0 Å². The molecule has 1 N–H and O–H groups in total. The van der Waals surface area contributed by atoms with Gasteiger partial charge in [0.2, 0.25) is 0 Å². The number of ether oxygens (including phenoxy) is 2. The van der Waals surface area contributed by atoms with Crippen LogP contribution in [0.15, 0.2) is 29.4 Å². The monoisotopic (exact) mass is 359 g/mol. The standard InChI is InChI=1S/C14H12Cl3N3O2/c1-21-9-4-3-8(12(5-9)22-2)7-18-20-14-11(16)6-10(15)13(17)19-14/h3-7H,1-2H3,(H,19,20). The number of rotatable bonds is 5. The first kappa shape index (κ1) is 16.7. The van der Waals surface area contributed by atoms with Gasteiger partial charge < -0.3 is 9.47 Å². The van der Waals surface area contributed by atoms with Crippen LogP contribution in [-0.2, 0) is 0 Å². The fraction of sp³-hybridized carbons (Fsp3) is 0.143. The highest BCUT2D eigenvalue weighted by atomic mass is 35.5. The number of anilines is 1. The van der Waals surface area contributed by atoms with Gasteiger partial charge in [0.25, 0.3) is 0 Å². The average Bonchev–Trinajstić information content (AvgIpc) is 2.52. The molecule has 0 saturated carbocycles. The molecular formula is C14H12Cl3N3O2. The summed E-state index contributed by atoms with van der Waals surface area (Å²) in [6, 6.07) is 6.86. The highest BCUT2D eigenvalue weighted by Crippen LogP contribution is 2.29. The van der Waals surface area contributed by atoms with Crippen molar-refractivity contribution in [1.29, 1.82) is 0 Å².